The Hall–Kier alpha value is -3.26. The van der Waals surface area contributed by atoms with Crippen molar-refractivity contribution in [2.24, 2.45) is 0 Å². The molecule has 0 radical (unpaired) electrons. The third-order valence-corrected chi connectivity index (χ3v) is 5.72. The van der Waals surface area contributed by atoms with Gasteiger partial charge in [-0.05, 0) is 55.0 Å². The lowest BCUT2D eigenvalue weighted by atomic mass is 10.0. The Labute approximate surface area is 180 Å². The predicted molar refractivity (Wildman–Crippen MR) is 119 cm³/mol. The summed E-state index contributed by atoms with van der Waals surface area (Å²) in [6.45, 7) is 3.01. The number of nitrogens with zero attached hydrogens (tertiary/aromatic N) is 4. The van der Waals surface area contributed by atoms with Crippen LogP contribution in [0.15, 0.2) is 67.0 Å². The van der Waals surface area contributed by atoms with Gasteiger partial charge in [0.1, 0.15) is 0 Å². The van der Waals surface area contributed by atoms with Gasteiger partial charge in [-0.2, -0.15) is 0 Å². The van der Waals surface area contributed by atoms with Crippen LogP contribution in [0.5, 0.6) is 0 Å². The maximum atomic E-state index is 11.0. The lowest BCUT2D eigenvalue weighted by Gasteiger charge is -2.29. The van der Waals surface area contributed by atoms with E-state index in [4.69, 9.17) is 12.2 Å². The molecule has 0 saturated carbocycles. The molecule has 1 N–H and O–H groups in total. The van der Waals surface area contributed by atoms with E-state index in [-0.39, 0.29) is 22.7 Å². The fraction of sp³-hybridized carbons (Fsp3) is 0.273. The maximum Gasteiger partial charge on any atom is 0.269 e. The minimum absolute atomic E-state index is 0.0378. The highest BCUT2D eigenvalue weighted by Gasteiger charge is 2.40. The molecule has 8 heteroatoms. The number of rotatable bonds is 7. The summed E-state index contributed by atoms with van der Waals surface area (Å²) in [4.78, 5) is 17.4. The summed E-state index contributed by atoms with van der Waals surface area (Å²) in [7, 11) is 0. The van der Waals surface area contributed by atoms with E-state index in [0.29, 0.717) is 0 Å². The summed E-state index contributed by atoms with van der Waals surface area (Å²) in [5.74, 6) is 0. The van der Waals surface area contributed by atoms with Crippen molar-refractivity contribution in [1.82, 2.24) is 19.8 Å². The number of benzene rings is 1. The van der Waals surface area contributed by atoms with Crippen molar-refractivity contribution in [3.05, 3.63) is 88.5 Å². The Morgan fingerprint density at radius 3 is 2.63 bits per heavy atom. The fourth-order valence-electron chi connectivity index (χ4n) is 3.90. The van der Waals surface area contributed by atoms with Crippen LogP contribution in [-0.4, -0.2) is 31.0 Å². The second kappa shape index (κ2) is 8.62. The molecule has 0 amide bonds. The van der Waals surface area contributed by atoms with Gasteiger partial charge in [-0.3, -0.25) is 15.1 Å². The monoisotopic (exact) mass is 421 g/mol. The summed E-state index contributed by atoms with van der Waals surface area (Å²) >= 11 is 5.69. The molecule has 7 nitrogen and oxygen atoms in total. The molecule has 1 aliphatic rings. The van der Waals surface area contributed by atoms with Gasteiger partial charge in [0.15, 0.2) is 5.11 Å². The first kappa shape index (κ1) is 20.0. The van der Waals surface area contributed by atoms with Crippen molar-refractivity contribution < 1.29 is 4.92 Å². The third kappa shape index (κ3) is 3.78. The van der Waals surface area contributed by atoms with Crippen LogP contribution in [0.2, 0.25) is 0 Å². The zero-order valence-corrected chi connectivity index (χ0v) is 17.5. The molecule has 0 unspecified atom stereocenters. The molecule has 1 saturated heterocycles. The van der Waals surface area contributed by atoms with Gasteiger partial charge < -0.3 is 14.8 Å². The van der Waals surface area contributed by atoms with Crippen molar-refractivity contribution in [2.45, 2.75) is 31.8 Å². The predicted octanol–water partition coefficient (Wildman–Crippen LogP) is 4.55. The molecule has 2 aromatic heterocycles. The summed E-state index contributed by atoms with van der Waals surface area (Å²) < 4.78 is 2.07. The first-order chi connectivity index (χ1) is 14.6. The summed E-state index contributed by atoms with van der Waals surface area (Å²) in [6, 6.07) is 16.4. The van der Waals surface area contributed by atoms with Crippen molar-refractivity contribution in [1.29, 1.82) is 0 Å². The van der Waals surface area contributed by atoms with Crippen molar-refractivity contribution >= 4 is 23.0 Å². The number of unbranched alkanes of at least 4 members (excludes halogenated alkanes) is 1. The average Bonchev–Trinajstić information content (AvgIpc) is 3.37. The minimum atomic E-state index is -0.386. The van der Waals surface area contributed by atoms with Crippen LogP contribution in [0.4, 0.5) is 5.69 Å². The Morgan fingerprint density at radius 2 is 1.97 bits per heavy atom. The van der Waals surface area contributed by atoms with Crippen molar-refractivity contribution in [2.75, 3.05) is 6.54 Å². The number of aromatic nitrogens is 2. The van der Waals surface area contributed by atoms with Crippen LogP contribution in [0.1, 0.15) is 43.2 Å². The molecule has 1 fully saturated rings. The number of nitro groups is 1. The number of pyridine rings is 1. The fourth-order valence-corrected chi connectivity index (χ4v) is 4.23. The Morgan fingerprint density at radius 1 is 1.17 bits per heavy atom. The quantitative estimate of drug-likeness (QED) is 0.343. The van der Waals surface area contributed by atoms with E-state index >= 15 is 0 Å². The molecule has 4 rings (SSSR count). The van der Waals surface area contributed by atoms with E-state index in [0.717, 1.165) is 41.6 Å². The van der Waals surface area contributed by atoms with Gasteiger partial charge in [0.2, 0.25) is 0 Å². The van der Waals surface area contributed by atoms with Gasteiger partial charge in [0.05, 0.1) is 22.7 Å². The lowest BCUT2D eigenvalue weighted by Crippen LogP contribution is -2.31. The Balaban J connectivity index is 1.76. The molecule has 0 bridgehead atoms. The van der Waals surface area contributed by atoms with Crippen LogP contribution in [0.25, 0.3) is 5.69 Å². The van der Waals surface area contributed by atoms with Crippen molar-refractivity contribution in [3.63, 3.8) is 0 Å². The van der Waals surface area contributed by atoms with E-state index < -0.39 is 0 Å². The van der Waals surface area contributed by atoms with Gasteiger partial charge in [-0.15, -0.1) is 0 Å². The summed E-state index contributed by atoms with van der Waals surface area (Å²) in [5, 5.41) is 15.2. The normalized spacial score (nSPS) is 18.4. The van der Waals surface area contributed by atoms with Gasteiger partial charge >= 0.3 is 0 Å². The van der Waals surface area contributed by atoms with Crippen molar-refractivity contribution in [3.8, 4) is 5.69 Å². The number of thiocarbonyl (C=S) groups is 1. The van der Waals surface area contributed by atoms with E-state index in [1.165, 1.54) is 12.1 Å². The van der Waals surface area contributed by atoms with Crippen LogP contribution in [0, 0.1) is 10.1 Å². The average molecular weight is 422 g/mol. The molecule has 1 aliphatic heterocycles. The highest BCUT2D eigenvalue weighted by atomic mass is 32.1. The van der Waals surface area contributed by atoms with Gasteiger partial charge in [-0.1, -0.05) is 19.4 Å². The smallest absolute Gasteiger partial charge is 0.269 e. The van der Waals surface area contributed by atoms with Crippen LogP contribution < -0.4 is 5.32 Å². The molecule has 1 aromatic carbocycles. The number of nitro benzene ring substituents is 1. The second-order valence-electron chi connectivity index (χ2n) is 7.25. The van der Waals surface area contributed by atoms with E-state index in [1.54, 1.807) is 18.3 Å². The first-order valence-electron chi connectivity index (χ1n) is 10.00. The number of hydrogen-bond donors (Lipinski definition) is 1. The molecular weight excluding hydrogens is 398 g/mol. The second-order valence-corrected chi connectivity index (χ2v) is 7.64. The number of nitrogens with one attached hydrogen (secondary N) is 1. The molecule has 2 atom stereocenters. The molecular formula is C22H23N5O2S. The SMILES string of the molecule is CCCCN1C(=S)N[C@@H](c2ccccn2)[C@H]1c1cccn1-c1ccc([N+](=O)[O-])cc1. The summed E-state index contributed by atoms with van der Waals surface area (Å²) in [6.07, 6.45) is 5.88. The van der Waals surface area contributed by atoms with Crippen LogP contribution >= 0.6 is 12.2 Å². The Bertz CT molecular complexity index is 1040. The highest BCUT2D eigenvalue weighted by molar-refractivity contribution is 7.80. The van der Waals surface area contributed by atoms with Gasteiger partial charge in [0.25, 0.3) is 5.69 Å². The first-order valence-corrected chi connectivity index (χ1v) is 10.4. The van der Waals surface area contributed by atoms with Gasteiger partial charge in [-0.25, -0.2) is 0 Å². The Kier molecular flexibility index (Phi) is 5.76. The molecule has 3 aromatic rings. The topological polar surface area (TPSA) is 76.2 Å². The third-order valence-electron chi connectivity index (χ3n) is 5.37. The molecule has 3 heterocycles. The zero-order valence-electron chi connectivity index (χ0n) is 16.6. The van der Waals surface area contributed by atoms with E-state index in [1.807, 2.05) is 30.5 Å². The molecule has 30 heavy (non-hydrogen) atoms. The highest BCUT2D eigenvalue weighted by Crippen LogP contribution is 2.39. The van der Waals surface area contributed by atoms with E-state index in [2.05, 4.69) is 32.8 Å². The van der Waals surface area contributed by atoms with Gasteiger partial charge in [0, 0.05) is 42.5 Å². The summed E-state index contributed by atoms with van der Waals surface area (Å²) in [5.41, 5.74) is 2.93. The standard InChI is InChI=1S/C22H23N5O2S/c1-2-3-14-26-21(20(24-22(26)30)18-7-4-5-13-23-18)19-8-6-15-25(19)16-9-11-17(12-10-16)27(28)29/h4-13,15,20-21H,2-3,14H2,1H3,(H,24,30)/t20-,21+/m0/s1. The van der Waals surface area contributed by atoms with Crippen LogP contribution in [-0.2, 0) is 0 Å². The van der Waals surface area contributed by atoms with Crippen LogP contribution in [0.3, 0.4) is 0 Å². The molecule has 0 aliphatic carbocycles. The lowest BCUT2D eigenvalue weighted by molar-refractivity contribution is -0.384. The molecule has 154 valence electrons. The maximum absolute atomic E-state index is 11.0. The number of hydrogen-bond acceptors (Lipinski definition) is 4. The number of non-ortho nitro benzene ring substituents is 1. The largest absolute Gasteiger partial charge is 0.352 e. The zero-order chi connectivity index (χ0) is 21.1. The molecule has 0 spiro atoms. The minimum Gasteiger partial charge on any atom is -0.352 e. The van der Waals surface area contributed by atoms with E-state index in [9.17, 15) is 10.1 Å².